The summed E-state index contributed by atoms with van der Waals surface area (Å²) in [5.41, 5.74) is 2.48. The van der Waals surface area contributed by atoms with Crippen LogP contribution >= 0.6 is 11.3 Å². The quantitative estimate of drug-likeness (QED) is 0.800. The molecule has 0 bridgehead atoms. The first-order chi connectivity index (χ1) is 11.1. The zero-order valence-corrected chi connectivity index (χ0v) is 13.7. The average Bonchev–Trinajstić information content (AvgIpc) is 3.13. The van der Waals surface area contributed by atoms with E-state index in [1.54, 1.807) is 12.1 Å². The third-order valence-corrected chi connectivity index (χ3v) is 4.17. The van der Waals surface area contributed by atoms with Crippen LogP contribution in [0.1, 0.15) is 29.9 Å². The molecular weight excluding hydrogens is 308 g/mol. The fourth-order valence-corrected chi connectivity index (χ4v) is 3.05. The smallest absolute Gasteiger partial charge is 0.272 e. The second-order valence-corrected chi connectivity index (χ2v) is 6.53. The standard InChI is InChI=1S/C17H16N4OS/c1-11(2)10-19-16(22)14-15(21-6-7-23-17(21)20-14)13-5-3-4-12(8-13)9-18/h3-8,11H,10H2,1-2H3,(H,19,22). The van der Waals surface area contributed by atoms with Gasteiger partial charge in [0.15, 0.2) is 10.7 Å². The second-order valence-electron chi connectivity index (χ2n) is 5.66. The van der Waals surface area contributed by atoms with Crippen LogP contribution < -0.4 is 5.32 Å². The zero-order valence-electron chi connectivity index (χ0n) is 12.9. The Bertz CT molecular complexity index is 901. The molecule has 1 N–H and O–H groups in total. The average molecular weight is 324 g/mol. The summed E-state index contributed by atoms with van der Waals surface area (Å²) in [5, 5.41) is 13.9. The number of aromatic nitrogens is 2. The maximum atomic E-state index is 12.5. The Kier molecular flexibility index (Phi) is 4.13. The number of carbonyl (C=O) groups excluding carboxylic acids is 1. The van der Waals surface area contributed by atoms with Gasteiger partial charge in [-0.3, -0.25) is 9.20 Å². The first-order valence-electron chi connectivity index (χ1n) is 7.34. The molecule has 23 heavy (non-hydrogen) atoms. The summed E-state index contributed by atoms with van der Waals surface area (Å²) < 4.78 is 1.89. The highest BCUT2D eigenvalue weighted by atomic mass is 32.1. The Hall–Kier alpha value is -2.65. The molecule has 0 unspecified atom stereocenters. The Balaban J connectivity index is 2.10. The maximum absolute atomic E-state index is 12.5. The third kappa shape index (κ3) is 2.96. The minimum Gasteiger partial charge on any atom is -0.350 e. The van der Waals surface area contributed by atoms with Gasteiger partial charge in [-0.2, -0.15) is 5.26 Å². The van der Waals surface area contributed by atoms with Crippen LogP contribution in [0.4, 0.5) is 0 Å². The molecule has 116 valence electrons. The fraction of sp³-hybridized carbons (Fsp3) is 0.235. The Labute approximate surface area is 138 Å². The van der Waals surface area contributed by atoms with Crippen molar-refractivity contribution >= 4 is 22.2 Å². The van der Waals surface area contributed by atoms with E-state index in [1.165, 1.54) is 11.3 Å². The van der Waals surface area contributed by atoms with E-state index < -0.39 is 0 Å². The van der Waals surface area contributed by atoms with Gasteiger partial charge in [-0.25, -0.2) is 4.98 Å². The van der Waals surface area contributed by atoms with Crippen molar-refractivity contribution in [3.8, 4) is 17.3 Å². The topological polar surface area (TPSA) is 70.2 Å². The van der Waals surface area contributed by atoms with Crippen LogP contribution in [0.15, 0.2) is 35.8 Å². The normalized spacial score (nSPS) is 10.9. The minimum atomic E-state index is -0.188. The molecule has 0 aliphatic carbocycles. The molecular formula is C17H16N4OS. The lowest BCUT2D eigenvalue weighted by molar-refractivity contribution is 0.0945. The molecule has 0 saturated carbocycles. The molecule has 0 aliphatic heterocycles. The highest BCUT2D eigenvalue weighted by Gasteiger charge is 2.21. The van der Waals surface area contributed by atoms with Crippen molar-refractivity contribution in [2.45, 2.75) is 13.8 Å². The molecule has 3 rings (SSSR count). The van der Waals surface area contributed by atoms with Crippen LogP contribution in [-0.4, -0.2) is 21.8 Å². The van der Waals surface area contributed by atoms with Gasteiger partial charge >= 0.3 is 0 Å². The molecule has 2 heterocycles. The van der Waals surface area contributed by atoms with Gasteiger partial charge in [0.05, 0.1) is 17.3 Å². The molecule has 5 nitrogen and oxygen atoms in total. The van der Waals surface area contributed by atoms with Gasteiger partial charge in [-0.1, -0.05) is 26.0 Å². The summed E-state index contributed by atoms with van der Waals surface area (Å²) in [6.07, 6.45) is 1.89. The molecule has 3 aromatic rings. The lowest BCUT2D eigenvalue weighted by Crippen LogP contribution is -2.28. The SMILES string of the molecule is CC(C)CNC(=O)c1nc2sccn2c1-c1cccc(C#N)c1. The molecule has 0 saturated heterocycles. The van der Waals surface area contributed by atoms with E-state index in [2.05, 4.69) is 16.4 Å². The maximum Gasteiger partial charge on any atom is 0.272 e. The number of benzene rings is 1. The van der Waals surface area contributed by atoms with E-state index in [4.69, 9.17) is 5.26 Å². The van der Waals surface area contributed by atoms with Crippen molar-refractivity contribution < 1.29 is 4.79 Å². The monoisotopic (exact) mass is 324 g/mol. The number of fused-ring (bicyclic) bond motifs is 1. The van der Waals surface area contributed by atoms with E-state index in [-0.39, 0.29) is 5.91 Å². The van der Waals surface area contributed by atoms with Crippen LogP contribution in [-0.2, 0) is 0 Å². The minimum absolute atomic E-state index is 0.188. The number of rotatable bonds is 4. The van der Waals surface area contributed by atoms with Gasteiger partial charge in [0.2, 0.25) is 0 Å². The van der Waals surface area contributed by atoms with Crippen LogP contribution in [0, 0.1) is 17.2 Å². The van der Waals surface area contributed by atoms with E-state index in [0.29, 0.717) is 23.7 Å². The van der Waals surface area contributed by atoms with Crippen molar-refractivity contribution in [2.24, 2.45) is 5.92 Å². The number of nitrogens with one attached hydrogen (secondary N) is 1. The predicted molar refractivity (Wildman–Crippen MR) is 90.4 cm³/mol. The summed E-state index contributed by atoms with van der Waals surface area (Å²) in [7, 11) is 0. The van der Waals surface area contributed by atoms with E-state index in [0.717, 1.165) is 16.2 Å². The molecule has 0 spiro atoms. The van der Waals surface area contributed by atoms with Crippen LogP contribution in [0.3, 0.4) is 0 Å². The summed E-state index contributed by atoms with van der Waals surface area (Å²) >= 11 is 1.48. The summed E-state index contributed by atoms with van der Waals surface area (Å²) in [6.45, 7) is 4.69. The van der Waals surface area contributed by atoms with Crippen LogP contribution in [0.25, 0.3) is 16.2 Å². The molecule has 1 aromatic carbocycles. The number of amides is 1. The van der Waals surface area contributed by atoms with Crippen molar-refractivity contribution in [3.63, 3.8) is 0 Å². The van der Waals surface area contributed by atoms with Gasteiger partial charge in [-0.15, -0.1) is 11.3 Å². The number of imidazole rings is 1. The van der Waals surface area contributed by atoms with Crippen molar-refractivity contribution in [1.82, 2.24) is 14.7 Å². The van der Waals surface area contributed by atoms with E-state index in [1.807, 2.05) is 42.0 Å². The molecule has 2 aromatic heterocycles. The number of thiazole rings is 1. The van der Waals surface area contributed by atoms with Gasteiger partial charge in [0.25, 0.3) is 5.91 Å². The first-order valence-corrected chi connectivity index (χ1v) is 8.22. The molecule has 0 atom stereocenters. The number of nitriles is 1. The van der Waals surface area contributed by atoms with Crippen molar-refractivity contribution in [2.75, 3.05) is 6.54 Å². The highest BCUT2D eigenvalue weighted by molar-refractivity contribution is 7.15. The summed E-state index contributed by atoms with van der Waals surface area (Å²) in [6, 6.07) is 9.36. The van der Waals surface area contributed by atoms with Crippen molar-refractivity contribution in [1.29, 1.82) is 5.26 Å². The molecule has 6 heteroatoms. The lowest BCUT2D eigenvalue weighted by Gasteiger charge is -2.08. The number of hydrogen-bond donors (Lipinski definition) is 1. The molecule has 0 fully saturated rings. The Morgan fingerprint density at radius 2 is 2.30 bits per heavy atom. The fourth-order valence-electron chi connectivity index (χ4n) is 2.34. The van der Waals surface area contributed by atoms with Gasteiger partial charge in [0.1, 0.15) is 0 Å². The molecule has 0 aliphatic rings. The summed E-state index contributed by atoms with van der Waals surface area (Å²) in [5.74, 6) is 0.181. The van der Waals surface area contributed by atoms with Crippen LogP contribution in [0.5, 0.6) is 0 Å². The lowest BCUT2D eigenvalue weighted by atomic mass is 10.1. The summed E-state index contributed by atoms with van der Waals surface area (Å²) in [4.78, 5) is 17.7. The Morgan fingerprint density at radius 3 is 3.04 bits per heavy atom. The zero-order chi connectivity index (χ0) is 16.4. The largest absolute Gasteiger partial charge is 0.350 e. The van der Waals surface area contributed by atoms with Crippen LogP contribution in [0.2, 0.25) is 0 Å². The predicted octanol–water partition coefficient (Wildman–Crippen LogP) is 3.32. The van der Waals surface area contributed by atoms with E-state index >= 15 is 0 Å². The van der Waals surface area contributed by atoms with Gasteiger partial charge in [0, 0.05) is 23.7 Å². The number of hydrogen-bond acceptors (Lipinski definition) is 4. The Morgan fingerprint density at radius 1 is 1.48 bits per heavy atom. The number of carbonyl (C=O) groups is 1. The van der Waals surface area contributed by atoms with Gasteiger partial charge in [-0.05, 0) is 18.1 Å². The van der Waals surface area contributed by atoms with Gasteiger partial charge < -0.3 is 5.32 Å². The van der Waals surface area contributed by atoms with E-state index in [9.17, 15) is 4.79 Å². The third-order valence-electron chi connectivity index (χ3n) is 3.41. The second kappa shape index (κ2) is 6.23. The molecule has 0 radical (unpaired) electrons. The number of nitrogens with zero attached hydrogens (tertiary/aromatic N) is 3. The molecule has 1 amide bonds. The first kappa shape index (κ1) is 15.3. The van der Waals surface area contributed by atoms with Crippen molar-refractivity contribution in [3.05, 3.63) is 47.1 Å². The highest BCUT2D eigenvalue weighted by Crippen LogP contribution is 2.28.